The Morgan fingerprint density at radius 2 is 1.93 bits per heavy atom. The van der Waals surface area contributed by atoms with Crippen LogP contribution in [0.3, 0.4) is 0 Å². The van der Waals surface area contributed by atoms with Gasteiger partial charge in [-0.3, -0.25) is 4.79 Å². The van der Waals surface area contributed by atoms with E-state index in [0.717, 1.165) is 0 Å². The van der Waals surface area contributed by atoms with Gasteiger partial charge in [-0.2, -0.15) is 0 Å². The molecule has 28 heavy (non-hydrogen) atoms. The van der Waals surface area contributed by atoms with Gasteiger partial charge in [-0.25, -0.2) is 17.5 Å². The van der Waals surface area contributed by atoms with Gasteiger partial charge in [0.1, 0.15) is 22.0 Å². The second kappa shape index (κ2) is 7.51. The number of hydrogen-bond acceptors (Lipinski definition) is 6. The molecule has 9 heteroatoms. The Labute approximate surface area is 161 Å². The summed E-state index contributed by atoms with van der Waals surface area (Å²) >= 11 is 0. The number of sulfonamides is 1. The van der Waals surface area contributed by atoms with E-state index in [9.17, 15) is 17.6 Å². The number of fused-ring (bicyclic) bond motifs is 1. The molecule has 1 heterocycles. The number of nitrogens with zero attached hydrogens (tertiary/aromatic N) is 1. The SMILES string of the molecule is CCOc1ccccc1S(=O)(=O)NC(=O)c1cc2c(F)cc(N(C)C)cc2o1. The van der Waals surface area contributed by atoms with Crippen LogP contribution in [0.15, 0.2) is 51.8 Å². The lowest BCUT2D eigenvalue weighted by atomic mass is 10.2. The molecule has 2 aromatic carbocycles. The number of rotatable bonds is 6. The van der Waals surface area contributed by atoms with Crippen molar-refractivity contribution in [1.29, 1.82) is 0 Å². The van der Waals surface area contributed by atoms with Crippen LogP contribution in [0.5, 0.6) is 5.75 Å². The number of benzene rings is 2. The molecule has 1 N–H and O–H groups in total. The zero-order chi connectivity index (χ0) is 20.5. The maximum absolute atomic E-state index is 14.3. The summed E-state index contributed by atoms with van der Waals surface area (Å²) in [7, 11) is -0.745. The van der Waals surface area contributed by atoms with E-state index in [2.05, 4.69) is 0 Å². The summed E-state index contributed by atoms with van der Waals surface area (Å²) in [6.45, 7) is 1.98. The molecule has 1 aromatic heterocycles. The standard InChI is InChI=1S/C19H19FN2O5S/c1-4-26-15-7-5-6-8-18(15)28(24,25)21-19(23)17-11-13-14(20)9-12(22(2)3)10-16(13)27-17/h5-11H,4H2,1-3H3,(H,21,23). The summed E-state index contributed by atoms with van der Waals surface area (Å²) in [5, 5.41) is 0.0860. The largest absolute Gasteiger partial charge is 0.492 e. The van der Waals surface area contributed by atoms with Gasteiger partial charge in [0, 0.05) is 31.9 Å². The third-order valence-electron chi connectivity index (χ3n) is 3.98. The molecule has 0 aliphatic heterocycles. The minimum absolute atomic E-state index is 0.0860. The van der Waals surface area contributed by atoms with E-state index in [-0.39, 0.29) is 34.0 Å². The molecule has 1 amide bonds. The molecule has 148 valence electrons. The fourth-order valence-corrected chi connectivity index (χ4v) is 3.73. The minimum atomic E-state index is -4.22. The molecule has 0 atom stereocenters. The summed E-state index contributed by atoms with van der Waals surface area (Å²) in [6, 6.07) is 9.98. The van der Waals surface area contributed by atoms with Gasteiger partial charge in [0.2, 0.25) is 0 Å². The number of hydrogen-bond donors (Lipinski definition) is 1. The molecule has 0 saturated carbocycles. The fourth-order valence-electron chi connectivity index (χ4n) is 2.63. The monoisotopic (exact) mass is 406 g/mol. The quantitative estimate of drug-likeness (QED) is 0.677. The van der Waals surface area contributed by atoms with Crippen LogP contribution in [-0.2, 0) is 10.0 Å². The highest BCUT2D eigenvalue weighted by atomic mass is 32.2. The predicted molar refractivity (Wildman–Crippen MR) is 103 cm³/mol. The molecule has 0 aliphatic carbocycles. The van der Waals surface area contributed by atoms with E-state index in [1.54, 1.807) is 38.1 Å². The molecule has 0 saturated heterocycles. The fraction of sp³-hybridized carbons (Fsp3) is 0.211. The highest BCUT2D eigenvalue weighted by molar-refractivity contribution is 7.90. The van der Waals surface area contributed by atoms with Gasteiger partial charge in [0.05, 0.1) is 12.0 Å². The molecular weight excluding hydrogens is 387 g/mol. The maximum atomic E-state index is 14.3. The third-order valence-corrected chi connectivity index (χ3v) is 5.35. The summed E-state index contributed by atoms with van der Waals surface area (Å²) in [6.07, 6.45) is 0. The van der Waals surface area contributed by atoms with Gasteiger partial charge >= 0.3 is 5.91 Å². The second-order valence-electron chi connectivity index (χ2n) is 6.16. The lowest BCUT2D eigenvalue weighted by Crippen LogP contribution is -2.30. The Hall–Kier alpha value is -3.07. The first kappa shape index (κ1) is 19.7. The molecule has 0 aliphatic rings. The molecule has 7 nitrogen and oxygen atoms in total. The van der Waals surface area contributed by atoms with Crippen LogP contribution >= 0.6 is 0 Å². The Morgan fingerprint density at radius 3 is 2.61 bits per heavy atom. The maximum Gasteiger partial charge on any atom is 0.300 e. The first-order chi connectivity index (χ1) is 13.2. The topological polar surface area (TPSA) is 88.8 Å². The van der Waals surface area contributed by atoms with Gasteiger partial charge in [-0.15, -0.1) is 0 Å². The van der Waals surface area contributed by atoms with Crippen LogP contribution in [0, 0.1) is 5.82 Å². The van der Waals surface area contributed by atoms with Gasteiger partial charge in [0.15, 0.2) is 5.76 Å². The number of furan rings is 1. The van der Waals surface area contributed by atoms with Gasteiger partial charge in [-0.05, 0) is 25.1 Å². The molecule has 3 aromatic rings. The Kier molecular flexibility index (Phi) is 5.28. The second-order valence-corrected chi connectivity index (χ2v) is 7.81. The number of halogens is 1. The predicted octanol–water partition coefficient (Wildman–Crippen LogP) is 3.16. The van der Waals surface area contributed by atoms with E-state index in [4.69, 9.17) is 9.15 Å². The van der Waals surface area contributed by atoms with E-state index < -0.39 is 21.7 Å². The van der Waals surface area contributed by atoms with Gasteiger partial charge in [0.25, 0.3) is 10.0 Å². The highest BCUT2D eigenvalue weighted by Crippen LogP contribution is 2.28. The van der Waals surface area contributed by atoms with Gasteiger partial charge in [-0.1, -0.05) is 12.1 Å². The summed E-state index contributed by atoms with van der Waals surface area (Å²) < 4.78 is 52.1. The lowest BCUT2D eigenvalue weighted by molar-refractivity contribution is 0.0956. The van der Waals surface area contributed by atoms with Crippen molar-refractivity contribution in [3.8, 4) is 5.75 Å². The highest BCUT2D eigenvalue weighted by Gasteiger charge is 2.25. The van der Waals surface area contributed by atoms with E-state index in [1.165, 1.54) is 30.3 Å². The minimum Gasteiger partial charge on any atom is -0.492 e. The number of carbonyl (C=O) groups is 1. The average molecular weight is 406 g/mol. The van der Waals surface area contributed by atoms with Gasteiger partial charge < -0.3 is 14.1 Å². The lowest BCUT2D eigenvalue weighted by Gasteiger charge is -2.11. The van der Waals surface area contributed by atoms with Crippen LogP contribution in [0.25, 0.3) is 11.0 Å². The van der Waals surface area contributed by atoms with Crippen LogP contribution in [0.1, 0.15) is 17.5 Å². The van der Waals surface area contributed by atoms with E-state index in [1.807, 2.05) is 4.72 Å². The first-order valence-electron chi connectivity index (χ1n) is 8.42. The molecule has 0 bridgehead atoms. The van der Waals surface area contributed by atoms with Crippen molar-refractivity contribution in [3.05, 3.63) is 54.0 Å². The molecule has 0 spiro atoms. The molecular formula is C19H19FN2O5S. The van der Waals surface area contributed by atoms with E-state index >= 15 is 0 Å². The normalized spacial score (nSPS) is 11.4. The zero-order valence-electron chi connectivity index (χ0n) is 15.5. The van der Waals surface area contributed by atoms with Crippen molar-refractivity contribution in [2.24, 2.45) is 0 Å². The third kappa shape index (κ3) is 3.79. The average Bonchev–Trinajstić information content (AvgIpc) is 3.07. The van der Waals surface area contributed by atoms with Crippen molar-refractivity contribution in [2.45, 2.75) is 11.8 Å². The van der Waals surface area contributed by atoms with Crippen molar-refractivity contribution >= 4 is 32.6 Å². The number of anilines is 1. The zero-order valence-corrected chi connectivity index (χ0v) is 16.3. The van der Waals surface area contributed by atoms with Crippen LogP contribution in [0.2, 0.25) is 0 Å². The van der Waals surface area contributed by atoms with Crippen molar-refractivity contribution in [2.75, 3.05) is 25.6 Å². The Balaban J connectivity index is 1.94. The Morgan fingerprint density at radius 1 is 1.21 bits per heavy atom. The molecule has 3 rings (SSSR count). The number of carbonyl (C=O) groups excluding carboxylic acids is 1. The summed E-state index contributed by atoms with van der Waals surface area (Å²) in [5.41, 5.74) is 0.686. The molecule has 0 fully saturated rings. The number of ether oxygens (including phenoxy) is 1. The number of nitrogens with one attached hydrogen (secondary N) is 1. The summed E-state index contributed by atoms with van der Waals surface area (Å²) in [4.78, 5) is 13.9. The van der Waals surface area contributed by atoms with Crippen LogP contribution < -0.4 is 14.4 Å². The van der Waals surface area contributed by atoms with Crippen molar-refractivity contribution < 1.29 is 26.8 Å². The van der Waals surface area contributed by atoms with Crippen LogP contribution in [0.4, 0.5) is 10.1 Å². The molecule has 0 radical (unpaired) electrons. The smallest absolute Gasteiger partial charge is 0.300 e. The first-order valence-corrected chi connectivity index (χ1v) is 9.90. The summed E-state index contributed by atoms with van der Waals surface area (Å²) in [5.74, 6) is -1.78. The molecule has 0 unspecified atom stereocenters. The number of amides is 1. The van der Waals surface area contributed by atoms with E-state index in [0.29, 0.717) is 5.69 Å². The van der Waals surface area contributed by atoms with Crippen LogP contribution in [-0.4, -0.2) is 35.0 Å². The Bertz CT molecular complexity index is 1140. The number of para-hydroxylation sites is 1. The van der Waals surface area contributed by atoms with Crippen molar-refractivity contribution in [1.82, 2.24) is 4.72 Å². The van der Waals surface area contributed by atoms with Crippen molar-refractivity contribution in [3.63, 3.8) is 0 Å².